The molecule has 20 heavy (non-hydrogen) atoms. The number of nitrogens with zero attached hydrogens (tertiary/aromatic N) is 1. The molecule has 0 unspecified atom stereocenters. The van der Waals surface area contributed by atoms with E-state index >= 15 is 0 Å². The Hall–Kier alpha value is -1.49. The van der Waals surface area contributed by atoms with Crippen molar-refractivity contribution >= 4 is 5.69 Å². The second kappa shape index (κ2) is 6.31. The first kappa shape index (κ1) is 14.9. The van der Waals surface area contributed by atoms with Gasteiger partial charge in [0.1, 0.15) is 6.61 Å². The van der Waals surface area contributed by atoms with E-state index in [0.29, 0.717) is 43.2 Å². The van der Waals surface area contributed by atoms with Crippen LogP contribution in [0.3, 0.4) is 0 Å². The summed E-state index contributed by atoms with van der Waals surface area (Å²) in [4.78, 5) is 4.28. The second-order valence-electron chi connectivity index (χ2n) is 6.11. The lowest BCUT2D eigenvalue weighted by atomic mass is 10.2. The number of ether oxygens (including phenoxy) is 3. The van der Waals surface area contributed by atoms with E-state index in [0.717, 1.165) is 0 Å². The molecule has 5 nitrogen and oxygen atoms in total. The van der Waals surface area contributed by atoms with Gasteiger partial charge in [0.2, 0.25) is 11.8 Å². The van der Waals surface area contributed by atoms with Gasteiger partial charge in [-0.3, -0.25) is 0 Å². The van der Waals surface area contributed by atoms with Gasteiger partial charge in [0.05, 0.1) is 24.5 Å². The van der Waals surface area contributed by atoms with Crippen molar-refractivity contribution in [2.75, 3.05) is 25.6 Å². The number of hydrogen-bond acceptors (Lipinski definition) is 5. The zero-order valence-electron chi connectivity index (χ0n) is 12.5. The monoisotopic (exact) mass is 280 g/mol. The Kier molecular flexibility index (Phi) is 4.70. The summed E-state index contributed by atoms with van der Waals surface area (Å²) in [5.74, 6) is 1.65. The highest BCUT2D eigenvalue weighted by Gasteiger charge is 2.22. The number of rotatable bonds is 7. The summed E-state index contributed by atoms with van der Waals surface area (Å²) in [6, 6.07) is 3.51. The lowest BCUT2D eigenvalue weighted by molar-refractivity contribution is -0.0168. The highest BCUT2D eigenvalue weighted by molar-refractivity contribution is 5.49. The van der Waals surface area contributed by atoms with Crippen LogP contribution in [0.4, 0.5) is 5.69 Å². The number of aromatic nitrogens is 1. The van der Waals surface area contributed by atoms with Crippen LogP contribution in [0.1, 0.15) is 33.6 Å². The molecule has 1 saturated carbocycles. The summed E-state index contributed by atoms with van der Waals surface area (Å²) >= 11 is 0. The maximum atomic E-state index is 5.84. The Bertz CT molecular complexity index is 439. The normalized spacial score (nSPS) is 15.2. The average molecular weight is 280 g/mol. The zero-order chi connectivity index (χ0) is 14.6. The summed E-state index contributed by atoms with van der Waals surface area (Å²) in [5, 5.41) is 0. The van der Waals surface area contributed by atoms with Gasteiger partial charge in [-0.05, 0) is 45.6 Å². The molecular formula is C15H24N2O3. The standard InChI is InChI=1S/C15H24N2O3/c1-15(2,3)20-9-8-18-13-7-6-12(16)14(17-13)19-10-11-4-5-11/h6-7,11H,4-5,8-10,16H2,1-3H3. The van der Waals surface area contributed by atoms with Crippen molar-refractivity contribution in [3.05, 3.63) is 12.1 Å². The maximum Gasteiger partial charge on any atom is 0.240 e. The molecule has 0 aromatic carbocycles. The van der Waals surface area contributed by atoms with E-state index in [-0.39, 0.29) is 5.60 Å². The third-order valence-electron chi connectivity index (χ3n) is 2.89. The van der Waals surface area contributed by atoms with Gasteiger partial charge in [-0.1, -0.05) is 0 Å². The van der Waals surface area contributed by atoms with Gasteiger partial charge in [-0.2, -0.15) is 4.98 Å². The summed E-state index contributed by atoms with van der Waals surface area (Å²) in [6.45, 7) is 7.70. The largest absolute Gasteiger partial charge is 0.476 e. The molecule has 1 aliphatic carbocycles. The van der Waals surface area contributed by atoms with Crippen molar-refractivity contribution in [2.24, 2.45) is 5.92 Å². The highest BCUT2D eigenvalue weighted by Crippen LogP contribution is 2.30. The fraction of sp³-hybridized carbons (Fsp3) is 0.667. The van der Waals surface area contributed by atoms with Gasteiger partial charge in [0.15, 0.2) is 0 Å². The molecule has 1 heterocycles. The lowest BCUT2D eigenvalue weighted by Crippen LogP contribution is -2.22. The molecule has 1 fully saturated rings. The van der Waals surface area contributed by atoms with Crippen molar-refractivity contribution in [2.45, 2.75) is 39.2 Å². The van der Waals surface area contributed by atoms with Gasteiger partial charge in [-0.25, -0.2) is 0 Å². The Morgan fingerprint density at radius 3 is 2.60 bits per heavy atom. The van der Waals surface area contributed by atoms with Crippen LogP contribution in [-0.2, 0) is 4.74 Å². The van der Waals surface area contributed by atoms with Gasteiger partial charge >= 0.3 is 0 Å². The van der Waals surface area contributed by atoms with Crippen LogP contribution in [0.25, 0.3) is 0 Å². The Morgan fingerprint density at radius 1 is 1.20 bits per heavy atom. The van der Waals surface area contributed by atoms with Crippen LogP contribution in [-0.4, -0.2) is 30.4 Å². The quantitative estimate of drug-likeness (QED) is 0.778. The minimum atomic E-state index is -0.156. The first-order valence-electron chi connectivity index (χ1n) is 7.10. The summed E-state index contributed by atoms with van der Waals surface area (Å²) < 4.78 is 16.7. The van der Waals surface area contributed by atoms with Gasteiger partial charge in [0, 0.05) is 6.07 Å². The minimum Gasteiger partial charge on any atom is -0.476 e. The van der Waals surface area contributed by atoms with E-state index in [1.807, 2.05) is 20.8 Å². The molecule has 2 rings (SSSR count). The molecule has 0 aliphatic heterocycles. The van der Waals surface area contributed by atoms with E-state index in [4.69, 9.17) is 19.9 Å². The molecular weight excluding hydrogens is 256 g/mol. The summed E-state index contributed by atoms with van der Waals surface area (Å²) in [5.41, 5.74) is 6.23. The molecule has 0 amide bonds. The van der Waals surface area contributed by atoms with Crippen LogP contribution in [0.15, 0.2) is 12.1 Å². The van der Waals surface area contributed by atoms with E-state index in [9.17, 15) is 0 Å². The van der Waals surface area contributed by atoms with Crippen LogP contribution in [0, 0.1) is 5.92 Å². The summed E-state index contributed by atoms with van der Waals surface area (Å²) in [7, 11) is 0. The molecule has 1 aromatic heterocycles. The lowest BCUT2D eigenvalue weighted by Gasteiger charge is -2.19. The van der Waals surface area contributed by atoms with E-state index in [1.165, 1.54) is 12.8 Å². The Labute approximate surface area is 120 Å². The summed E-state index contributed by atoms with van der Waals surface area (Å²) in [6.07, 6.45) is 2.47. The van der Waals surface area contributed by atoms with Gasteiger partial charge in [-0.15, -0.1) is 0 Å². The van der Waals surface area contributed by atoms with Crippen molar-refractivity contribution in [1.82, 2.24) is 4.98 Å². The average Bonchev–Trinajstić information content (AvgIpc) is 3.17. The third-order valence-corrected chi connectivity index (χ3v) is 2.89. The molecule has 0 atom stereocenters. The SMILES string of the molecule is CC(C)(C)OCCOc1ccc(N)c(OCC2CC2)n1. The van der Waals surface area contributed by atoms with Crippen molar-refractivity contribution in [3.8, 4) is 11.8 Å². The number of nitrogen functional groups attached to an aromatic ring is 1. The molecule has 0 bridgehead atoms. The number of nitrogens with two attached hydrogens (primary N) is 1. The third kappa shape index (κ3) is 5.25. The maximum absolute atomic E-state index is 5.84. The number of pyridine rings is 1. The molecule has 1 aromatic rings. The number of hydrogen-bond donors (Lipinski definition) is 1. The van der Waals surface area contributed by atoms with Gasteiger partial charge < -0.3 is 19.9 Å². The van der Waals surface area contributed by atoms with Crippen molar-refractivity contribution < 1.29 is 14.2 Å². The fourth-order valence-corrected chi connectivity index (χ4v) is 1.61. The number of anilines is 1. The van der Waals surface area contributed by atoms with Crippen LogP contribution in [0.5, 0.6) is 11.8 Å². The first-order chi connectivity index (χ1) is 9.44. The topological polar surface area (TPSA) is 66.6 Å². The fourth-order valence-electron chi connectivity index (χ4n) is 1.61. The van der Waals surface area contributed by atoms with Crippen LogP contribution < -0.4 is 15.2 Å². The molecule has 0 saturated heterocycles. The van der Waals surface area contributed by atoms with Crippen molar-refractivity contribution in [3.63, 3.8) is 0 Å². The molecule has 5 heteroatoms. The first-order valence-corrected chi connectivity index (χ1v) is 7.10. The zero-order valence-corrected chi connectivity index (χ0v) is 12.5. The van der Waals surface area contributed by atoms with Crippen molar-refractivity contribution in [1.29, 1.82) is 0 Å². The molecule has 2 N–H and O–H groups in total. The molecule has 0 spiro atoms. The van der Waals surface area contributed by atoms with E-state index in [1.54, 1.807) is 12.1 Å². The second-order valence-corrected chi connectivity index (χ2v) is 6.11. The van der Waals surface area contributed by atoms with E-state index in [2.05, 4.69) is 4.98 Å². The van der Waals surface area contributed by atoms with Crippen LogP contribution in [0.2, 0.25) is 0 Å². The predicted octanol–water partition coefficient (Wildman–Crippen LogP) is 2.65. The molecule has 1 aliphatic rings. The smallest absolute Gasteiger partial charge is 0.240 e. The van der Waals surface area contributed by atoms with Crippen LogP contribution >= 0.6 is 0 Å². The van der Waals surface area contributed by atoms with Gasteiger partial charge in [0.25, 0.3) is 0 Å². The Morgan fingerprint density at radius 2 is 1.95 bits per heavy atom. The minimum absolute atomic E-state index is 0.156. The predicted molar refractivity (Wildman–Crippen MR) is 78.1 cm³/mol. The highest BCUT2D eigenvalue weighted by atomic mass is 16.5. The molecule has 0 radical (unpaired) electrons. The molecule has 112 valence electrons. The Balaban J connectivity index is 1.80. The van der Waals surface area contributed by atoms with E-state index < -0.39 is 0 Å².